The normalized spacial score (nSPS) is 10.7. The van der Waals surface area contributed by atoms with Crippen LogP contribution in [0.3, 0.4) is 0 Å². The van der Waals surface area contributed by atoms with Gasteiger partial charge in [-0.05, 0) is 36.4 Å². The Hall–Kier alpha value is -4.81. The van der Waals surface area contributed by atoms with Crippen LogP contribution in [-0.4, -0.2) is 61.5 Å². The van der Waals surface area contributed by atoms with Crippen LogP contribution in [0.25, 0.3) is 10.9 Å². The Bertz CT molecular complexity index is 1450. The largest absolute Gasteiger partial charge is 0.487 e. The number of esters is 1. The van der Waals surface area contributed by atoms with E-state index in [9.17, 15) is 14.9 Å². The van der Waals surface area contributed by atoms with Crippen molar-refractivity contribution in [1.82, 2.24) is 9.97 Å². The van der Waals surface area contributed by atoms with E-state index in [1.807, 2.05) is 0 Å². The van der Waals surface area contributed by atoms with E-state index in [4.69, 9.17) is 23.7 Å². The Balaban J connectivity index is 1.56. The molecule has 1 aromatic heterocycles. The molecule has 202 valence electrons. The minimum absolute atomic E-state index is 0.0982. The van der Waals surface area contributed by atoms with Crippen LogP contribution in [-0.2, 0) is 9.47 Å². The zero-order valence-electron chi connectivity index (χ0n) is 21.3. The molecule has 0 atom stereocenters. The number of anilines is 2. The van der Waals surface area contributed by atoms with E-state index in [2.05, 4.69) is 15.3 Å². The number of benzene rings is 3. The molecular weight excluding hydrogens is 508 g/mol. The van der Waals surface area contributed by atoms with Crippen LogP contribution in [0.1, 0.15) is 10.4 Å². The molecule has 0 aliphatic carbocycles. The zero-order chi connectivity index (χ0) is 27.6. The molecule has 4 rings (SSSR count). The SMILES string of the molecule is COCCOc1cc2ncnc(Nc3cccc(C(=O)Oc4ccc([N+](=O)[O-])cc4)c3)c2cc1OCCOC. The number of ether oxygens (including phenoxy) is 5. The van der Waals surface area contributed by atoms with Gasteiger partial charge in [0.1, 0.15) is 31.1 Å². The fourth-order valence-electron chi connectivity index (χ4n) is 3.52. The number of nitrogens with one attached hydrogen (secondary N) is 1. The topological polar surface area (TPSA) is 144 Å². The quantitative estimate of drug-likeness (QED) is 0.0848. The van der Waals surface area contributed by atoms with Gasteiger partial charge in [0.2, 0.25) is 0 Å². The Morgan fingerprint density at radius 1 is 0.897 bits per heavy atom. The predicted molar refractivity (Wildman–Crippen MR) is 142 cm³/mol. The number of hydrogen-bond acceptors (Lipinski definition) is 11. The Morgan fingerprint density at radius 2 is 1.59 bits per heavy atom. The number of aromatic nitrogens is 2. The number of nitrogens with zero attached hydrogens (tertiary/aromatic N) is 3. The minimum atomic E-state index is -0.619. The molecule has 4 aromatic rings. The highest BCUT2D eigenvalue weighted by Gasteiger charge is 2.15. The van der Waals surface area contributed by atoms with E-state index in [1.165, 1.54) is 30.6 Å². The van der Waals surface area contributed by atoms with Crippen LogP contribution >= 0.6 is 0 Å². The second kappa shape index (κ2) is 13.1. The molecule has 39 heavy (non-hydrogen) atoms. The third-order valence-corrected chi connectivity index (χ3v) is 5.41. The van der Waals surface area contributed by atoms with Crippen molar-refractivity contribution in [1.29, 1.82) is 0 Å². The average Bonchev–Trinajstić information content (AvgIpc) is 2.94. The number of carbonyl (C=O) groups excluding carboxylic acids is 1. The van der Waals surface area contributed by atoms with Gasteiger partial charge in [-0.1, -0.05) is 6.07 Å². The van der Waals surface area contributed by atoms with Gasteiger partial charge in [-0.2, -0.15) is 0 Å². The van der Waals surface area contributed by atoms with Gasteiger partial charge in [0.15, 0.2) is 11.5 Å². The van der Waals surface area contributed by atoms with Crippen molar-refractivity contribution < 1.29 is 33.4 Å². The lowest BCUT2D eigenvalue weighted by Crippen LogP contribution is -2.09. The number of fused-ring (bicyclic) bond motifs is 1. The second-order valence-electron chi connectivity index (χ2n) is 8.07. The molecule has 0 radical (unpaired) electrons. The summed E-state index contributed by atoms with van der Waals surface area (Å²) in [5, 5.41) is 14.7. The van der Waals surface area contributed by atoms with E-state index in [0.29, 0.717) is 60.3 Å². The molecular formula is C27H26N4O8. The summed E-state index contributed by atoms with van der Waals surface area (Å²) in [6.07, 6.45) is 1.42. The molecule has 1 N–H and O–H groups in total. The minimum Gasteiger partial charge on any atom is -0.487 e. The number of non-ortho nitro benzene ring substituents is 1. The van der Waals surface area contributed by atoms with E-state index >= 15 is 0 Å². The Labute approximate surface area is 223 Å². The van der Waals surface area contributed by atoms with Gasteiger partial charge in [-0.25, -0.2) is 14.8 Å². The molecule has 0 saturated heterocycles. The van der Waals surface area contributed by atoms with E-state index in [0.717, 1.165) is 0 Å². The summed E-state index contributed by atoms with van der Waals surface area (Å²) in [4.78, 5) is 31.7. The summed E-state index contributed by atoms with van der Waals surface area (Å²) in [6.45, 7) is 1.46. The van der Waals surface area contributed by atoms with Gasteiger partial charge >= 0.3 is 5.97 Å². The van der Waals surface area contributed by atoms with Gasteiger partial charge in [0.05, 0.1) is 29.2 Å². The van der Waals surface area contributed by atoms with Crippen molar-refractivity contribution in [2.24, 2.45) is 0 Å². The number of carbonyl (C=O) groups is 1. The van der Waals surface area contributed by atoms with Crippen LogP contribution in [0.4, 0.5) is 17.2 Å². The van der Waals surface area contributed by atoms with Crippen LogP contribution in [0, 0.1) is 10.1 Å². The number of methoxy groups -OCH3 is 2. The molecule has 1 heterocycles. The average molecular weight is 535 g/mol. The molecule has 0 unspecified atom stereocenters. The maximum atomic E-state index is 12.7. The molecule has 0 saturated carbocycles. The Morgan fingerprint density at radius 3 is 2.26 bits per heavy atom. The number of rotatable bonds is 13. The first-order chi connectivity index (χ1) is 19.0. The van der Waals surface area contributed by atoms with Crippen molar-refractivity contribution >= 4 is 34.1 Å². The van der Waals surface area contributed by atoms with Gasteiger partial charge in [0, 0.05) is 43.5 Å². The highest BCUT2D eigenvalue weighted by atomic mass is 16.6. The van der Waals surface area contributed by atoms with Crippen molar-refractivity contribution in [3.05, 3.63) is 82.7 Å². The summed E-state index contributed by atoms with van der Waals surface area (Å²) in [5.74, 6) is 1.06. The third kappa shape index (κ3) is 7.15. The van der Waals surface area contributed by atoms with Crippen molar-refractivity contribution in [2.45, 2.75) is 0 Å². The lowest BCUT2D eigenvalue weighted by Gasteiger charge is -2.15. The Kier molecular flexibility index (Phi) is 9.16. The molecule has 12 nitrogen and oxygen atoms in total. The zero-order valence-corrected chi connectivity index (χ0v) is 21.3. The monoisotopic (exact) mass is 534 g/mol. The molecule has 3 aromatic carbocycles. The smallest absolute Gasteiger partial charge is 0.343 e. The first-order valence-corrected chi connectivity index (χ1v) is 11.8. The summed E-state index contributed by atoms with van der Waals surface area (Å²) in [5.41, 5.74) is 1.37. The van der Waals surface area contributed by atoms with E-state index in [1.54, 1.807) is 50.6 Å². The van der Waals surface area contributed by atoms with Gasteiger partial charge < -0.3 is 29.0 Å². The first-order valence-electron chi connectivity index (χ1n) is 11.8. The summed E-state index contributed by atoms with van der Waals surface area (Å²) in [7, 11) is 3.18. The first kappa shape index (κ1) is 27.2. The molecule has 0 spiro atoms. The molecule has 0 aliphatic heterocycles. The van der Waals surface area contributed by atoms with Gasteiger partial charge in [-0.3, -0.25) is 10.1 Å². The van der Waals surface area contributed by atoms with Crippen LogP contribution < -0.4 is 19.5 Å². The summed E-state index contributed by atoms with van der Waals surface area (Å²) in [6, 6.07) is 15.5. The van der Waals surface area contributed by atoms with Crippen LogP contribution in [0.15, 0.2) is 67.0 Å². The fraction of sp³-hybridized carbons (Fsp3) is 0.222. The number of nitro benzene ring substituents is 1. The van der Waals surface area contributed by atoms with Crippen LogP contribution in [0.2, 0.25) is 0 Å². The van der Waals surface area contributed by atoms with Gasteiger partial charge in [0.25, 0.3) is 5.69 Å². The van der Waals surface area contributed by atoms with Crippen molar-refractivity contribution in [2.75, 3.05) is 46.0 Å². The lowest BCUT2D eigenvalue weighted by molar-refractivity contribution is -0.384. The van der Waals surface area contributed by atoms with Crippen molar-refractivity contribution in [3.8, 4) is 17.2 Å². The van der Waals surface area contributed by atoms with E-state index in [-0.39, 0.29) is 17.0 Å². The second-order valence-corrected chi connectivity index (χ2v) is 8.07. The molecule has 0 bridgehead atoms. The molecule has 0 amide bonds. The van der Waals surface area contributed by atoms with Crippen LogP contribution in [0.5, 0.6) is 17.2 Å². The highest BCUT2D eigenvalue weighted by molar-refractivity contribution is 5.95. The molecule has 0 fully saturated rings. The van der Waals surface area contributed by atoms with E-state index < -0.39 is 10.9 Å². The van der Waals surface area contributed by atoms with Crippen molar-refractivity contribution in [3.63, 3.8) is 0 Å². The summed E-state index contributed by atoms with van der Waals surface area (Å²) < 4.78 is 27.2. The maximum Gasteiger partial charge on any atom is 0.343 e. The number of nitro groups is 1. The number of hydrogen-bond donors (Lipinski definition) is 1. The third-order valence-electron chi connectivity index (χ3n) is 5.41. The standard InChI is InChI=1S/C27H26N4O8/c1-35-10-12-37-24-15-22-23(16-25(24)38-13-11-36-2)28-17-29-26(22)30-19-5-3-4-18(14-19)27(32)39-21-8-6-20(7-9-21)31(33)34/h3-9,14-17H,10-13H2,1-2H3,(H,28,29,30). The maximum absolute atomic E-state index is 12.7. The molecule has 0 aliphatic rings. The fourth-order valence-corrected chi connectivity index (χ4v) is 3.52. The predicted octanol–water partition coefficient (Wildman–Crippen LogP) is 4.55. The lowest BCUT2D eigenvalue weighted by atomic mass is 10.1. The summed E-state index contributed by atoms with van der Waals surface area (Å²) >= 11 is 0. The highest BCUT2D eigenvalue weighted by Crippen LogP contribution is 2.35. The molecule has 12 heteroatoms. The van der Waals surface area contributed by atoms with Gasteiger partial charge in [-0.15, -0.1) is 0 Å².